The third kappa shape index (κ3) is 6.24. The summed E-state index contributed by atoms with van der Waals surface area (Å²) in [5.41, 5.74) is 0.405. The van der Waals surface area contributed by atoms with Crippen LogP contribution in [0.5, 0.6) is 0 Å². The summed E-state index contributed by atoms with van der Waals surface area (Å²) in [6, 6.07) is -0.706. The monoisotopic (exact) mass is 478 g/mol. The Balaban J connectivity index is 1.33. The Kier molecular flexibility index (Phi) is 7.94. The van der Waals surface area contributed by atoms with Gasteiger partial charge in [-0.1, -0.05) is 11.8 Å². The number of nitrogens with zero attached hydrogens (tertiary/aromatic N) is 3. The summed E-state index contributed by atoms with van der Waals surface area (Å²) >= 11 is 1.27. The Morgan fingerprint density at radius 1 is 1.00 bits per heavy atom. The molecule has 0 unspecified atom stereocenters. The first kappa shape index (κ1) is 24.8. The first-order valence-corrected chi connectivity index (χ1v) is 13.9. The molecule has 3 amide bonds. The van der Waals surface area contributed by atoms with Gasteiger partial charge >= 0.3 is 6.03 Å². The summed E-state index contributed by atoms with van der Waals surface area (Å²) in [6.45, 7) is 7.77. The maximum atomic E-state index is 13.2. The van der Waals surface area contributed by atoms with Crippen LogP contribution in [0, 0.1) is 23.2 Å². The molecular formula is C25H42N4O3S. The highest BCUT2D eigenvalue weighted by atomic mass is 32.2. The molecule has 186 valence electrons. The Hall–Kier alpha value is -1.28. The zero-order valence-corrected chi connectivity index (χ0v) is 21.5. The van der Waals surface area contributed by atoms with E-state index in [1.165, 1.54) is 50.3 Å². The number of carbonyl (C=O) groups excluding carboxylic acids is 3. The number of rotatable bonds is 8. The van der Waals surface area contributed by atoms with Crippen molar-refractivity contribution in [1.29, 1.82) is 0 Å². The number of hydrogen-bond acceptors (Lipinski definition) is 5. The lowest BCUT2D eigenvalue weighted by molar-refractivity contribution is -0.134. The Bertz CT molecular complexity index is 702. The average molecular weight is 479 g/mol. The number of urea groups is 1. The highest BCUT2D eigenvalue weighted by Crippen LogP contribution is 2.61. The van der Waals surface area contributed by atoms with Crippen molar-refractivity contribution in [2.75, 3.05) is 52.1 Å². The van der Waals surface area contributed by atoms with Crippen LogP contribution in [0.25, 0.3) is 0 Å². The van der Waals surface area contributed by atoms with Gasteiger partial charge in [-0.05, 0) is 82.1 Å². The largest absolute Gasteiger partial charge is 0.338 e. The number of thioether (sulfide) groups is 1. The van der Waals surface area contributed by atoms with Gasteiger partial charge in [-0.2, -0.15) is 0 Å². The molecule has 1 heterocycles. The van der Waals surface area contributed by atoms with E-state index in [0.717, 1.165) is 37.3 Å². The van der Waals surface area contributed by atoms with Crippen molar-refractivity contribution >= 4 is 28.8 Å². The second kappa shape index (κ2) is 10.5. The number of piperazine rings is 1. The predicted octanol–water partition coefficient (Wildman–Crippen LogP) is 3.05. The average Bonchev–Trinajstić information content (AvgIpc) is 2.74. The third-order valence-corrected chi connectivity index (χ3v) is 9.35. The number of nitrogens with one attached hydrogen (secondary N) is 1. The van der Waals surface area contributed by atoms with E-state index >= 15 is 0 Å². The third-order valence-electron chi connectivity index (χ3n) is 8.56. The highest BCUT2D eigenvalue weighted by Gasteiger charge is 2.50. The van der Waals surface area contributed by atoms with Gasteiger partial charge in [0.2, 0.25) is 5.91 Å². The fourth-order valence-electron chi connectivity index (χ4n) is 7.22. The van der Waals surface area contributed by atoms with Crippen molar-refractivity contribution in [2.45, 2.75) is 64.8 Å². The summed E-state index contributed by atoms with van der Waals surface area (Å²) in [4.78, 5) is 43.5. The van der Waals surface area contributed by atoms with Crippen LogP contribution in [0.4, 0.5) is 4.79 Å². The van der Waals surface area contributed by atoms with Gasteiger partial charge in [-0.25, -0.2) is 4.79 Å². The summed E-state index contributed by atoms with van der Waals surface area (Å²) in [5.74, 6) is 3.29. The minimum absolute atomic E-state index is 0.00408. The highest BCUT2D eigenvalue weighted by molar-refractivity contribution is 8.13. The fraction of sp³-hybridized carbons (Fsp3) is 0.880. The van der Waals surface area contributed by atoms with Crippen molar-refractivity contribution in [3.63, 3.8) is 0 Å². The van der Waals surface area contributed by atoms with E-state index in [-0.39, 0.29) is 17.1 Å². The lowest BCUT2D eigenvalue weighted by Crippen LogP contribution is -2.55. The van der Waals surface area contributed by atoms with Crippen LogP contribution in [0.1, 0.15) is 58.8 Å². The van der Waals surface area contributed by atoms with Gasteiger partial charge in [0.15, 0.2) is 5.12 Å². The normalized spacial score (nSPS) is 32.0. The smallest absolute Gasteiger partial charge is 0.318 e. The standard InChI is InChI=1S/C25H42N4O3S/c1-18(23(31)28-8-6-27(3)7-9-28)26-24(32)29(10-11-33-19(2)30)5-4-25-15-20-12-21(16-25)14-22(13-20)17-25/h18,20-22H,4-17H2,1-3H3,(H,26,32)/t18-,20?,21?,22?,25?/m1/s1. The number of carbonyl (C=O) groups is 3. The van der Waals surface area contributed by atoms with Crippen LogP contribution in [-0.2, 0) is 9.59 Å². The Labute approximate surface area is 203 Å². The molecule has 0 aromatic rings. The first-order valence-electron chi connectivity index (χ1n) is 12.9. The quantitative estimate of drug-likeness (QED) is 0.581. The molecule has 4 bridgehead atoms. The van der Waals surface area contributed by atoms with E-state index < -0.39 is 6.04 Å². The van der Waals surface area contributed by atoms with Gasteiger partial charge in [0.25, 0.3) is 0 Å². The van der Waals surface area contributed by atoms with Crippen molar-refractivity contribution in [3.05, 3.63) is 0 Å². The van der Waals surface area contributed by atoms with Crippen LogP contribution in [-0.4, -0.2) is 89.9 Å². The van der Waals surface area contributed by atoms with E-state index in [9.17, 15) is 14.4 Å². The zero-order valence-electron chi connectivity index (χ0n) is 20.7. The molecule has 1 atom stereocenters. The molecular weight excluding hydrogens is 436 g/mol. The van der Waals surface area contributed by atoms with Crippen molar-refractivity contribution < 1.29 is 14.4 Å². The van der Waals surface area contributed by atoms with E-state index in [4.69, 9.17) is 0 Å². The number of likely N-dealkylation sites (N-methyl/N-ethyl adjacent to an activating group) is 1. The number of amides is 3. The molecule has 33 heavy (non-hydrogen) atoms. The maximum absolute atomic E-state index is 13.2. The van der Waals surface area contributed by atoms with Crippen LogP contribution >= 0.6 is 11.8 Å². The molecule has 5 rings (SSSR count). The molecule has 1 aliphatic heterocycles. The minimum Gasteiger partial charge on any atom is -0.338 e. The molecule has 5 aliphatic rings. The van der Waals surface area contributed by atoms with Crippen molar-refractivity contribution in [3.8, 4) is 0 Å². The van der Waals surface area contributed by atoms with Gasteiger partial charge in [0, 0.05) is 51.9 Å². The SMILES string of the molecule is CC(=O)SCCN(CCC12CC3CC(CC(C3)C1)C2)C(=O)N[C@H](C)C(=O)N1CCN(C)CC1. The van der Waals surface area contributed by atoms with E-state index in [0.29, 0.717) is 37.3 Å². The molecule has 1 N–H and O–H groups in total. The molecule has 4 saturated carbocycles. The van der Waals surface area contributed by atoms with Crippen LogP contribution in [0.3, 0.4) is 0 Å². The molecule has 1 saturated heterocycles. The zero-order chi connectivity index (χ0) is 23.6. The molecule has 0 spiro atoms. The van der Waals surface area contributed by atoms with Gasteiger partial charge < -0.3 is 20.0 Å². The summed E-state index contributed by atoms with van der Waals surface area (Å²) < 4.78 is 0. The van der Waals surface area contributed by atoms with E-state index in [2.05, 4.69) is 17.3 Å². The lowest BCUT2D eigenvalue weighted by Gasteiger charge is -2.57. The second-order valence-electron chi connectivity index (χ2n) is 11.3. The molecule has 8 heteroatoms. The van der Waals surface area contributed by atoms with Gasteiger partial charge in [0.1, 0.15) is 6.04 Å². The van der Waals surface area contributed by atoms with Crippen molar-refractivity contribution in [2.24, 2.45) is 23.2 Å². The van der Waals surface area contributed by atoms with E-state index in [1.54, 1.807) is 13.8 Å². The van der Waals surface area contributed by atoms with Gasteiger partial charge in [0.05, 0.1) is 0 Å². The van der Waals surface area contributed by atoms with Crippen LogP contribution < -0.4 is 5.32 Å². The van der Waals surface area contributed by atoms with Crippen LogP contribution in [0.2, 0.25) is 0 Å². The van der Waals surface area contributed by atoms with E-state index in [1.807, 2.05) is 9.80 Å². The molecule has 0 aromatic carbocycles. The molecule has 0 aromatic heterocycles. The maximum Gasteiger partial charge on any atom is 0.318 e. The number of hydrogen-bond donors (Lipinski definition) is 1. The van der Waals surface area contributed by atoms with Gasteiger partial charge in [-0.3, -0.25) is 9.59 Å². The Morgan fingerprint density at radius 3 is 2.12 bits per heavy atom. The minimum atomic E-state index is -0.539. The first-order chi connectivity index (χ1) is 15.7. The lowest BCUT2D eigenvalue weighted by atomic mass is 9.49. The fourth-order valence-corrected chi connectivity index (χ4v) is 7.82. The molecule has 7 nitrogen and oxygen atoms in total. The second-order valence-corrected chi connectivity index (χ2v) is 12.6. The molecule has 0 radical (unpaired) electrons. The summed E-state index contributed by atoms with van der Waals surface area (Å²) in [5, 5.41) is 3.05. The molecule has 5 fully saturated rings. The van der Waals surface area contributed by atoms with Crippen LogP contribution in [0.15, 0.2) is 0 Å². The predicted molar refractivity (Wildman–Crippen MR) is 132 cm³/mol. The summed E-state index contributed by atoms with van der Waals surface area (Å²) in [7, 11) is 2.06. The summed E-state index contributed by atoms with van der Waals surface area (Å²) in [6.07, 6.45) is 9.30. The Morgan fingerprint density at radius 2 is 1.58 bits per heavy atom. The molecule has 4 aliphatic carbocycles. The topological polar surface area (TPSA) is 73.0 Å². The van der Waals surface area contributed by atoms with Gasteiger partial charge in [-0.15, -0.1) is 0 Å². The van der Waals surface area contributed by atoms with Crippen molar-refractivity contribution in [1.82, 2.24) is 20.0 Å².